The molecule has 1 unspecified atom stereocenters. The quantitative estimate of drug-likeness (QED) is 0.753. The molecule has 1 aliphatic heterocycles. The molecule has 4 nitrogen and oxygen atoms in total. The van der Waals surface area contributed by atoms with E-state index in [1.54, 1.807) is 42.3 Å². The van der Waals surface area contributed by atoms with E-state index >= 15 is 0 Å². The van der Waals surface area contributed by atoms with Gasteiger partial charge in [0.15, 0.2) is 6.17 Å². The number of halogens is 1. The normalized spacial score (nSPS) is 15.9. The van der Waals surface area contributed by atoms with Gasteiger partial charge in [-0.2, -0.15) is 0 Å². The topological polar surface area (TPSA) is 45.2 Å². The molecule has 1 aromatic heterocycles. The molecule has 1 amide bonds. The number of hydrogen-bond donors (Lipinski definition) is 1. The van der Waals surface area contributed by atoms with E-state index in [0.29, 0.717) is 22.5 Å². The Kier molecular flexibility index (Phi) is 3.92. The molecule has 0 saturated carbocycles. The number of rotatable bonds is 3. The zero-order chi connectivity index (χ0) is 18.3. The van der Waals surface area contributed by atoms with Crippen molar-refractivity contribution in [2.24, 2.45) is 0 Å². The van der Waals surface area contributed by atoms with Crippen molar-refractivity contribution >= 4 is 17.3 Å². The molecule has 3 aromatic rings. The Morgan fingerprint density at radius 2 is 1.85 bits per heavy atom. The number of anilines is 2. The standard InChI is InChI=1S/C21H18FN3O/c1-13-5-9-16(10-6-13)25-20(19-17(21(25)26)4-3-11-23-19)24-15-8-7-14(2)18(22)12-15/h3-12,20,24H,1-2H3. The summed E-state index contributed by atoms with van der Waals surface area (Å²) in [6.07, 6.45) is 1.17. The molecule has 0 fully saturated rings. The van der Waals surface area contributed by atoms with E-state index in [-0.39, 0.29) is 11.7 Å². The van der Waals surface area contributed by atoms with Crippen LogP contribution < -0.4 is 10.2 Å². The van der Waals surface area contributed by atoms with Crippen LogP contribution in [0.25, 0.3) is 0 Å². The van der Waals surface area contributed by atoms with Gasteiger partial charge in [-0.25, -0.2) is 4.39 Å². The fourth-order valence-electron chi connectivity index (χ4n) is 3.13. The predicted octanol–water partition coefficient (Wildman–Crippen LogP) is 4.61. The summed E-state index contributed by atoms with van der Waals surface area (Å²) >= 11 is 0. The Morgan fingerprint density at radius 3 is 2.58 bits per heavy atom. The van der Waals surface area contributed by atoms with Crippen LogP contribution in [0.4, 0.5) is 15.8 Å². The number of benzene rings is 2. The minimum Gasteiger partial charge on any atom is -0.360 e. The fraction of sp³-hybridized carbons (Fsp3) is 0.143. The minimum atomic E-state index is -0.497. The highest BCUT2D eigenvalue weighted by Gasteiger charge is 2.38. The van der Waals surface area contributed by atoms with Crippen LogP contribution in [0.15, 0.2) is 60.8 Å². The van der Waals surface area contributed by atoms with Crippen LogP contribution in [0.3, 0.4) is 0 Å². The van der Waals surface area contributed by atoms with Crippen LogP contribution in [0.5, 0.6) is 0 Å². The first kappa shape index (κ1) is 16.3. The third-order valence-corrected chi connectivity index (χ3v) is 4.59. The number of nitrogens with zero attached hydrogens (tertiary/aromatic N) is 2. The van der Waals surface area contributed by atoms with Gasteiger partial charge in [-0.05, 0) is 55.8 Å². The summed E-state index contributed by atoms with van der Waals surface area (Å²) in [6, 6.07) is 16.2. The van der Waals surface area contributed by atoms with Gasteiger partial charge in [0.1, 0.15) is 5.82 Å². The molecule has 1 N–H and O–H groups in total. The summed E-state index contributed by atoms with van der Waals surface area (Å²) in [5.41, 5.74) is 4.25. The second-order valence-corrected chi connectivity index (χ2v) is 6.46. The zero-order valence-electron chi connectivity index (χ0n) is 14.5. The van der Waals surface area contributed by atoms with E-state index in [4.69, 9.17) is 0 Å². The molecule has 0 radical (unpaired) electrons. The molecule has 2 heterocycles. The highest BCUT2D eigenvalue weighted by molar-refractivity contribution is 6.11. The average Bonchev–Trinajstić information content (AvgIpc) is 2.92. The van der Waals surface area contributed by atoms with Crippen LogP contribution in [-0.2, 0) is 0 Å². The zero-order valence-corrected chi connectivity index (χ0v) is 14.5. The third-order valence-electron chi connectivity index (χ3n) is 4.59. The summed E-state index contributed by atoms with van der Waals surface area (Å²) in [6.45, 7) is 3.71. The van der Waals surface area contributed by atoms with Crippen molar-refractivity contribution in [1.29, 1.82) is 0 Å². The Morgan fingerprint density at radius 1 is 1.08 bits per heavy atom. The largest absolute Gasteiger partial charge is 0.360 e. The second-order valence-electron chi connectivity index (χ2n) is 6.46. The highest BCUT2D eigenvalue weighted by Crippen LogP contribution is 2.37. The average molecular weight is 347 g/mol. The summed E-state index contributed by atoms with van der Waals surface area (Å²) < 4.78 is 14.0. The SMILES string of the molecule is Cc1ccc(N2C(=O)c3cccnc3C2Nc2ccc(C)c(F)c2)cc1. The lowest BCUT2D eigenvalue weighted by atomic mass is 10.2. The molecule has 26 heavy (non-hydrogen) atoms. The molecule has 1 atom stereocenters. The van der Waals surface area contributed by atoms with Gasteiger partial charge in [0.05, 0.1) is 11.3 Å². The van der Waals surface area contributed by atoms with Crippen molar-refractivity contribution in [3.8, 4) is 0 Å². The Hall–Kier alpha value is -3.21. The number of aryl methyl sites for hydroxylation is 2. The minimum absolute atomic E-state index is 0.123. The molecule has 0 spiro atoms. The van der Waals surface area contributed by atoms with Crippen molar-refractivity contribution in [3.63, 3.8) is 0 Å². The van der Waals surface area contributed by atoms with Gasteiger partial charge in [-0.15, -0.1) is 0 Å². The molecule has 130 valence electrons. The third kappa shape index (κ3) is 2.71. The van der Waals surface area contributed by atoms with Gasteiger partial charge >= 0.3 is 0 Å². The Labute approximate surface area is 151 Å². The number of carbonyl (C=O) groups excluding carboxylic acids is 1. The number of aromatic nitrogens is 1. The van der Waals surface area contributed by atoms with Gasteiger partial charge in [-0.1, -0.05) is 23.8 Å². The lowest BCUT2D eigenvalue weighted by molar-refractivity contribution is 0.0993. The van der Waals surface area contributed by atoms with Crippen molar-refractivity contribution in [1.82, 2.24) is 4.98 Å². The molecule has 2 aromatic carbocycles. The van der Waals surface area contributed by atoms with E-state index < -0.39 is 6.17 Å². The second kappa shape index (κ2) is 6.26. The number of fused-ring (bicyclic) bond motifs is 1. The first-order valence-electron chi connectivity index (χ1n) is 8.42. The molecule has 0 bridgehead atoms. The molecule has 1 aliphatic rings. The van der Waals surface area contributed by atoms with E-state index in [1.165, 1.54) is 6.07 Å². The molecular weight excluding hydrogens is 329 g/mol. The van der Waals surface area contributed by atoms with Gasteiger partial charge < -0.3 is 5.32 Å². The van der Waals surface area contributed by atoms with Crippen LogP contribution in [0.1, 0.15) is 33.3 Å². The first-order chi connectivity index (χ1) is 12.5. The van der Waals surface area contributed by atoms with Gasteiger partial charge in [0, 0.05) is 17.6 Å². The summed E-state index contributed by atoms with van der Waals surface area (Å²) in [4.78, 5) is 19.0. The van der Waals surface area contributed by atoms with Gasteiger partial charge in [-0.3, -0.25) is 14.7 Å². The van der Waals surface area contributed by atoms with Crippen LogP contribution in [0, 0.1) is 19.7 Å². The maximum atomic E-state index is 14.0. The van der Waals surface area contributed by atoms with Gasteiger partial charge in [0.25, 0.3) is 5.91 Å². The Balaban J connectivity index is 1.77. The van der Waals surface area contributed by atoms with E-state index in [0.717, 1.165) is 11.3 Å². The monoisotopic (exact) mass is 347 g/mol. The number of pyridine rings is 1. The van der Waals surface area contributed by atoms with Crippen LogP contribution >= 0.6 is 0 Å². The number of nitrogens with one attached hydrogen (secondary N) is 1. The van der Waals surface area contributed by atoms with Crippen molar-refractivity contribution in [2.75, 3.05) is 10.2 Å². The first-order valence-corrected chi connectivity index (χ1v) is 8.42. The maximum absolute atomic E-state index is 14.0. The smallest absolute Gasteiger partial charge is 0.262 e. The molecular formula is C21H18FN3O. The number of amides is 1. The van der Waals surface area contributed by atoms with Crippen molar-refractivity contribution in [2.45, 2.75) is 20.0 Å². The fourth-order valence-corrected chi connectivity index (χ4v) is 3.13. The number of carbonyl (C=O) groups is 1. The van der Waals surface area contributed by atoms with Gasteiger partial charge in [0.2, 0.25) is 0 Å². The van der Waals surface area contributed by atoms with E-state index in [2.05, 4.69) is 10.3 Å². The summed E-state index contributed by atoms with van der Waals surface area (Å²) in [7, 11) is 0. The molecule has 0 aliphatic carbocycles. The van der Waals surface area contributed by atoms with Crippen molar-refractivity contribution < 1.29 is 9.18 Å². The lowest BCUT2D eigenvalue weighted by Crippen LogP contribution is -2.32. The van der Waals surface area contributed by atoms with E-state index in [1.807, 2.05) is 31.2 Å². The lowest BCUT2D eigenvalue weighted by Gasteiger charge is -2.26. The highest BCUT2D eigenvalue weighted by atomic mass is 19.1. The predicted molar refractivity (Wildman–Crippen MR) is 99.7 cm³/mol. The molecule has 4 rings (SSSR count). The summed E-state index contributed by atoms with van der Waals surface area (Å²) in [5, 5.41) is 3.26. The van der Waals surface area contributed by atoms with Crippen molar-refractivity contribution in [3.05, 3.63) is 89.0 Å². The molecule has 0 saturated heterocycles. The maximum Gasteiger partial charge on any atom is 0.262 e. The Bertz CT molecular complexity index is 985. The van der Waals surface area contributed by atoms with E-state index in [9.17, 15) is 9.18 Å². The summed E-state index contributed by atoms with van der Waals surface area (Å²) in [5.74, 6) is -0.413. The molecule has 5 heteroatoms. The van der Waals surface area contributed by atoms with Crippen LogP contribution in [0.2, 0.25) is 0 Å². The number of hydrogen-bond acceptors (Lipinski definition) is 3. The van der Waals surface area contributed by atoms with Crippen LogP contribution in [-0.4, -0.2) is 10.9 Å².